The molecule has 90 valence electrons. The number of hydrogen-bond donors (Lipinski definition) is 2. The Kier molecular flexibility index (Phi) is 2.96. The van der Waals surface area contributed by atoms with Gasteiger partial charge in [0, 0.05) is 12.5 Å². The minimum Gasteiger partial charge on any atom is -0.464 e. The molecule has 4 nitrogen and oxygen atoms in total. The van der Waals surface area contributed by atoms with Crippen molar-refractivity contribution in [2.45, 2.75) is 12.8 Å². The molecule has 3 rings (SSSR count). The number of nitrogens with one attached hydrogen (secondary N) is 2. The molecule has 2 aromatic rings. The molecular weight excluding hydrogens is 214 g/mol. The average molecular weight is 231 g/mol. The molecule has 0 amide bonds. The fraction of sp³-hybridized carbons (Fsp3) is 0.462. The number of imidazole rings is 1. The van der Waals surface area contributed by atoms with Crippen LogP contribution in [0, 0.1) is 5.92 Å². The first-order valence-electron chi connectivity index (χ1n) is 6.20. The lowest BCUT2D eigenvalue weighted by Crippen LogP contribution is -2.33. The molecule has 2 heterocycles. The second kappa shape index (κ2) is 4.75. The molecule has 0 bridgehead atoms. The molecule has 1 fully saturated rings. The van der Waals surface area contributed by atoms with Crippen molar-refractivity contribution in [1.29, 1.82) is 0 Å². The van der Waals surface area contributed by atoms with Crippen LogP contribution in [0.1, 0.15) is 12.8 Å². The van der Waals surface area contributed by atoms with Crippen molar-refractivity contribution >= 4 is 11.0 Å². The van der Waals surface area contributed by atoms with Gasteiger partial charge in [-0.2, -0.15) is 4.98 Å². The molecule has 1 aromatic heterocycles. The van der Waals surface area contributed by atoms with E-state index in [0.29, 0.717) is 11.9 Å². The zero-order chi connectivity index (χ0) is 11.5. The molecule has 0 saturated carbocycles. The van der Waals surface area contributed by atoms with Crippen LogP contribution in [0.15, 0.2) is 24.3 Å². The molecule has 0 radical (unpaired) electrons. The number of para-hydroxylation sites is 2. The first-order valence-corrected chi connectivity index (χ1v) is 6.20. The maximum absolute atomic E-state index is 5.72. The first kappa shape index (κ1) is 10.6. The van der Waals surface area contributed by atoms with E-state index in [1.807, 2.05) is 24.3 Å². The van der Waals surface area contributed by atoms with Crippen molar-refractivity contribution in [2.24, 2.45) is 5.92 Å². The second-order valence-corrected chi connectivity index (χ2v) is 4.58. The lowest BCUT2D eigenvalue weighted by Gasteiger charge is -2.21. The number of piperidine rings is 1. The molecule has 1 aliphatic rings. The van der Waals surface area contributed by atoms with Gasteiger partial charge in [-0.25, -0.2) is 0 Å². The fourth-order valence-electron chi connectivity index (χ4n) is 2.26. The molecule has 2 N–H and O–H groups in total. The molecule has 0 aliphatic carbocycles. The van der Waals surface area contributed by atoms with Gasteiger partial charge in [0.2, 0.25) is 0 Å². The van der Waals surface area contributed by atoms with E-state index in [0.717, 1.165) is 30.7 Å². The highest BCUT2D eigenvalue weighted by atomic mass is 16.5. The smallest absolute Gasteiger partial charge is 0.294 e. The summed E-state index contributed by atoms with van der Waals surface area (Å²) >= 11 is 0. The van der Waals surface area contributed by atoms with E-state index >= 15 is 0 Å². The Bertz CT molecular complexity index is 455. The van der Waals surface area contributed by atoms with Crippen LogP contribution in [0.5, 0.6) is 6.01 Å². The summed E-state index contributed by atoms with van der Waals surface area (Å²) in [6, 6.07) is 8.61. The molecule has 17 heavy (non-hydrogen) atoms. The minimum atomic E-state index is 0.608. The van der Waals surface area contributed by atoms with Crippen molar-refractivity contribution in [2.75, 3.05) is 19.7 Å². The van der Waals surface area contributed by atoms with Crippen molar-refractivity contribution in [3.8, 4) is 6.01 Å². The molecular formula is C13H17N3O. The van der Waals surface area contributed by atoms with Gasteiger partial charge in [0.25, 0.3) is 6.01 Å². The van der Waals surface area contributed by atoms with Gasteiger partial charge >= 0.3 is 0 Å². The average Bonchev–Trinajstić information content (AvgIpc) is 2.80. The molecule has 0 unspecified atom stereocenters. The van der Waals surface area contributed by atoms with E-state index in [1.165, 1.54) is 12.8 Å². The number of aromatic amines is 1. The lowest BCUT2D eigenvalue weighted by atomic mass is 10.0. The monoisotopic (exact) mass is 231 g/mol. The van der Waals surface area contributed by atoms with Crippen LogP contribution in [-0.2, 0) is 0 Å². The number of benzene rings is 1. The lowest BCUT2D eigenvalue weighted by molar-refractivity contribution is 0.207. The third-order valence-corrected chi connectivity index (χ3v) is 3.22. The number of ether oxygens (including phenoxy) is 1. The van der Waals surface area contributed by atoms with Gasteiger partial charge < -0.3 is 15.0 Å². The van der Waals surface area contributed by atoms with Crippen molar-refractivity contribution in [3.63, 3.8) is 0 Å². The van der Waals surface area contributed by atoms with E-state index in [2.05, 4.69) is 15.3 Å². The summed E-state index contributed by atoms with van der Waals surface area (Å²) in [4.78, 5) is 7.58. The SMILES string of the molecule is c1ccc2[nH]c(OC[C@@H]3CCCNC3)nc2c1. The van der Waals surface area contributed by atoms with Gasteiger partial charge in [-0.05, 0) is 31.5 Å². The van der Waals surface area contributed by atoms with E-state index < -0.39 is 0 Å². The maximum atomic E-state index is 5.72. The standard InChI is InChI=1S/C13H17N3O/c1-2-6-12-11(5-1)15-13(16-12)17-9-10-4-3-7-14-8-10/h1-2,5-6,10,14H,3-4,7-9H2,(H,15,16)/t10-/m1/s1. The van der Waals surface area contributed by atoms with Crippen molar-refractivity contribution in [3.05, 3.63) is 24.3 Å². The van der Waals surface area contributed by atoms with Crippen molar-refractivity contribution < 1.29 is 4.74 Å². The normalized spacial score (nSPS) is 20.6. The van der Waals surface area contributed by atoms with Crippen molar-refractivity contribution in [1.82, 2.24) is 15.3 Å². The van der Waals surface area contributed by atoms with Crippen LogP contribution in [0.25, 0.3) is 11.0 Å². The highest BCUT2D eigenvalue weighted by Crippen LogP contribution is 2.17. The fourth-order valence-corrected chi connectivity index (χ4v) is 2.26. The van der Waals surface area contributed by atoms with Gasteiger partial charge in [-0.3, -0.25) is 0 Å². The number of fused-ring (bicyclic) bond motifs is 1. The Hall–Kier alpha value is -1.55. The van der Waals surface area contributed by atoms with Crippen LogP contribution in [0.4, 0.5) is 0 Å². The summed E-state index contributed by atoms with van der Waals surface area (Å²) in [7, 11) is 0. The summed E-state index contributed by atoms with van der Waals surface area (Å²) < 4.78 is 5.72. The van der Waals surface area contributed by atoms with Gasteiger partial charge in [0.15, 0.2) is 0 Å². The molecule has 4 heteroatoms. The van der Waals surface area contributed by atoms with Crippen LogP contribution in [-0.4, -0.2) is 29.7 Å². The highest BCUT2D eigenvalue weighted by Gasteiger charge is 2.14. The molecule has 1 aliphatic heterocycles. The zero-order valence-electron chi connectivity index (χ0n) is 9.78. The van der Waals surface area contributed by atoms with E-state index in [9.17, 15) is 0 Å². The number of hydrogen-bond acceptors (Lipinski definition) is 3. The molecule has 1 atom stereocenters. The second-order valence-electron chi connectivity index (χ2n) is 4.58. The zero-order valence-corrected chi connectivity index (χ0v) is 9.78. The summed E-state index contributed by atoms with van der Waals surface area (Å²) in [5, 5.41) is 3.39. The Morgan fingerprint density at radius 1 is 1.35 bits per heavy atom. The first-order chi connectivity index (χ1) is 8.42. The van der Waals surface area contributed by atoms with E-state index in [-0.39, 0.29) is 0 Å². The van der Waals surface area contributed by atoms with Crippen LogP contribution < -0.4 is 10.1 Å². The third kappa shape index (κ3) is 2.42. The summed E-state index contributed by atoms with van der Waals surface area (Å²) in [5.74, 6) is 0.608. The summed E-state index contributed by atoms with van der Waals surface area (Å²) in [6.45, 7) is 2.94. The van der Waals surface area contributed by atoms with E-state index in [1.54, 1.807) is 0 Å². The quantitative estimate of drug-likeness (QED) is 0.848. The van der Waals surface area contributed by atoms with Crippen LogP contribution in [0.2, 0.25) is 0 Å². The number of H-pyrrole nitrogens is 1. The molecule has 1 saturated heterocycles. The summed E-state index contributed by atoms with van der Waals surface area (Å²) in [6.07, 6.45) is 2.49. The Morgan fingerprint density at radius 2 is 2.29 bits per heavy atom. The Balaban J connectivity index is 1.64. The Labute approximate surface area is 100 Å². The van der Waals surface area contributed by atoms with Gasteiger partial charge in [0.05, 0.1) is 17.6 Å². The van der Waals surface area contributed by atoms with Crippen LogP contribution >= 0.6 is 0 Å². The topological polar surface area (TPSA) is 49.9 Å². The predicted molar refractivity (Wildman–Crippen MR) is 67.2 cm³/mol. The third-order valence-electron chi connectivity index (χ3n) is 3.22. The maximum Gasteiger partial charge on any atom is 0.294 e. The molecule has 0 spiro atoms. The van der Waals surface area contributed by atoms with Crippen LogP contribution in [0.3, 0.4) is 0 Å². The predicted octanol–water partition coefficient (Wildman–Crippen LogP) is 1.94. The minimum absolute atomic E-state index is 0.608. The highest BCUT2D eigenvalue weighted by molar-refractivity contribution is 5.75. The summed E-state index contributed by atoms with van der Waals surface area (Å²) in [5.41, 5.74) is 1.99. The van der Waals surface area contributed by atoms with Gasteiger partial charge in [-0.1, -0.05) is 12.1 Å². The Morgan fingerprint density at radius 3 is 3.12 bits per heavy atom. The van der Waals surface area contributed by atoms with Gasteiger partial charge in [0.1, 0.15) is 0 Å². The number of nitrogens with zero attached hydrogens (tertiary/aromatic N) is 1. The largest absolute Gasteiger partial charge is 0.464 e. The van der Waals surface area contributed by atoms with Gasteiger partial charge in [-0.15, -0.1) is 0 Å². The van der Waals surface area contributed by atoms with E-state index in [4.69, 9.17) is 4.74 Å². The number of aromatic nitrogens is 2. The molecule has 1 aromatic carbocycles. The number of rotatable bonds is 3.